The molecule has 0 bridgehead atoms. The largest absolute Gasteiger partial charge is 0.297 e. The Labute approximate surface area is 95.9 Å². The average Bonchev–Trinajstić information content (AvgIpc) is 2.31. The molecule has 0 amide bonds. The molecule has 1 saturated heterocycles. The Bertz CT molecular complexity index is 344. The minimum Gasteiger partial charge on any atom is -0.297 e. The lowest BCUT2D eigenvalue weighted by Crippen LogP contribution is -2.31. The molecule has 1 heterocycles. The third-order valence-electron chi connectivity index (χ3n) is 2.63. The van der Waals surface area contributed by atoms with E-state index in [4.69, 9.17) is 6.42 Å². The lowest BCUT2D eigenvalue weighted by Gasteiger charge is -2.26. The van der Waals surface area contributed by atoms with Crippen LogP contribution in [0.15, 0.2) is 24.3 Å². The van der Waals surface area contributed by atoms with E-state index in [0.29, 0.717) is 0 Å². The topological polar surface area (TPSA) is 3.24 Å². The molecule has 0 unspecified atom stereocenters. The maximum atomic E-state index is 5.32. The van der Waals surface area contributed by atoms with Crippen LogP contribution < -0.4 is 0 Å². The summed E-state index contributed by atoms with van der Waals surface area (Å²) in [6, 6.07) is 8.32. The molecule has 0 N–H and O–H groups in total. The Morgan fingerprint density at radius 1 is 1.20 bits per heavy atom. The van der Waals surface area contributed by atoms with E-state index >= 15 is 0 Å². The van der Waals surface area contributed by atoms with E-state index in [1.807, 2.05) is 23.9 Å². The van der Waals surface area contributed by atoms with Gasteiger partial charge in [0, 0.05) is 36.7 Å². The molecule has 1 aliphatic rings. The summed E-state index contributed by atoms with van der Waals surface area (Å²) in [7, 11) is 0. The van der Waals surface area contributed by atoms with Crippen LogP contribution in [-0.4, -0.2) is 29.5 Å². The molecule has 78 valence electrons. The number of benzene rings is 1. The van der Waals surface area contributed by atoms with Crippen LogP contribution in [0.1, 0.15) is 11.1 Å². The van der Waals surface area contributed by atoms with Crippen molar-refractivity contribution in [1.82, 2.24) is 4.90 Å². The highest BCUT2D eigenvalue weighted by atomic mass is 32.2. The number of thioether (sulfide) groups is 1. The molecular formula is C13H15NS. The van der Waals surface area contributed by atoms with Crippen LogP contribution in [0.5, 0.6) is 0 Å². The fraction of sp³-hybridized carbons (Fsp3) is 0.385. The van der Waals surface area contributed by atoms with Crippen LogP contribution in [0.4, 0.5) is 0 Å². The first kappa shape index (κ1) is 10.6. The van der Waals surface area contributed by atoms with Gasteiger partial charge in [-0.05, 0) is 17.7 Å². The summed E-state index contributed by atoms with van der Waals surface area (Å²) in [5, 5.41) is 0. The lowest BCUT2D eigenvalue weighted by molar-refractivity contribution is 0.294. The van der Waals surface area contributed by atoms with Gasteiger partial charge in [-0.1, -0.05) is 18.1 Å². The van der Waals surface area contributed by atoms with Crippen LogP contribution in [0.2, 0.25) is 0 Å². The fourth-order valence-electron chi connectivity index (χ4n) is 1.72. The van der Waals surface area contributed by atoms with Crippen LogP contribution >= 0.6 is 11.8 Å². The summed E-state index contributed by atoms with van der Waals surface area (Å²) in [5.74, 6) is 5.17. The zero-order valence-electron chi connectivity index (χ0n) is 8.78. The van der Waals surface area contributed by atoms with Crippen molar-refractivity contribution in [2.45, 2.75) is 6.54 Å². The third kappa shape index (κ3) is 3.02. The molecule has 2 heteroatoms. The zero-order chi connectivity index (χ0) is 10.5. The lowest BCUT2D eigenvalue weighted by atomic mass is 10.1. The summed E-state index contributed by atoms with van der Waals surface area (Å²) in [6.45, 7) is 3.48. The highest BCUT2D eigenvalue weighted by Crippen LogP contribution is 2.13. The summed E-state index contributed by atoms with van der Waals surface area (Å²) >= 11 is 2.05. The molecule has 0 saturated carbocycles. The maximum Gasteiger partial charge on any atom is 0.0242 e. The standard InChI is InChI=1S/C13H15NS/c1-2-12-3-5-13(6-4-12)11-14-7-9-15-10-8-14/h1,3-6H,7-11H2. The van der Waals surface area contributed by atoms with Crippen molar-refractivity contribution in [2.75, 3.05) is 24.6 Å². The van der Waals surface area contributed by atoms with Gasteiger partial charge in [0.2, 0.25) is 0 Å². The van der Waals surface area contributed by atoms with Gasteiger partial charge in [0.05, 0.1) is 0 Å². The van der Waals surface area contributed by atoms with Crippen LogP contribution in [0, 0.1) is 12.3 Å². The number of nitrogens with zero attached hydrogens (tertiary/aromatic N) is 1. The first-order valence-corrected chi connectivity index (χ1v) is 6.39. The summed E-state index contributed by atoms with van der Waals surface area (Å²) in [6.07, 6.45) is 5.32. The van der Waals surface area contributed by atoms with Crippen molar-refractivity contribution in [3.05, 3.63) is 35.4 Å². The average molecular weight is 217 g/mol. The van der Waals surface area contributed by atoms with Gasteiger partial charge in [0.25, 0.3) is 0 Å². The Balaban J connectivity index is 1.95. The van der Waals surface area contributed by atoms with Crippen LogP contribution in [0.3, 0.4) is 0 Å². The Morgan fingerprint density at radius 3 is 2.47 bits per heavy atom. The van der Waals surface area contributed by atoms with E-state index in [2.05, 4.69) is 23.0 Å². The van der Waals surface area contributed by atoms with Crippen molar-refractivity contribution in [3.63, 3.8) is 0 Å². The minimum atomic E-state index is 0.966. The van der Waals surface area contributed by atoms with E-state index < -0.39 is 0 Å². The Hall–Kier alpha value is -0.910. The highest BCUT2D eigenvalue weighted by Gasteiger charge is 2.10. The molecule has 15 heavy (non-hydrogen) atoms. The van der Waals surface area contributed by atoms with Gasteiger partial charge >= 0.3 is 0 Å². The highest BCUT2D eigenvalue weighted by molar-refractivity contribution is 7.99. The second kappa shape index (κ2) is 5.25. The van der Waals surface area contributed by atoms with Gasteiger partial charge < -0.3 is 0 Å². The van der Waals surface area contributed by atoms with Crippen molar-refractivity contribution in [3.8, 4) is 12.3 Å². The monoisotopic (exact) mass is 217 g/mol. The van der Waals surface area contributed by atoms with Gasteiger partial charge in [-0.2, -0.15) is 11.8 Å². The van der Waals surface area contributed by atoms with E-state index in [1.165, 1.54) is 30.2 Å². The summed E-state index contributed by atoms with van der Waals surface area (Å²) in [5.41, 5.74) is 2.33. The van der Waals surface area contributed by atoms with Gasteiger partial charge in [-0.3, -0.25) is 4.90 Å². The fourth-order valence-corrected chi connectivity index (χ4v) is 2.70. The molecule has 1 nitrogen and oxygen atoms in total. The van der Waals surface area contributed by atoms with Crippen LogP contribution in [-0.2, 0) is 6.54 Å². The number of hydrogen-bond donors (Lipinski definition) is 0. The number of rotatable bonds is 2. The van der Waals surface area contributed by atoms with Crippen LogP contribution in [0.25, 0.3) is 0 Å². The summed E-state index contributed by atoms with van der Waals surface area (Å²) < 4.78 is 0. The molecule has 0 radical (unpaired) electrons. The molecule has 1 aliphatic heterocycles. The normalized spacial score (nSPS) is 17.3. The summed E-state index contributed by atoms with van der Waals surface area (Å²) in [4.78, 5) is 2.50. The molecule has 0 aliphatic carbocycles. The van der Waals surface area contributed by atoms with E-state index in [1.54, 1.807) is 0 Å². The van der Waals surface area contributed by atoms with Gasteiger partial charge in [0.1, 0.15) is 0 Å². The second-order valence-corrected chi connectivity index (χ2v) is 4.95. The number of hydrogen-bond acceptors (Lipinski definition) is 2. The first-order chi connectivity index (χ1) is 7.38. The molecule has 2 rings (SSSR count). The number of terminal acetylenes is 1. The predicted octanol–water partition coefficient (Wildman–Crippen LogP) is 2.22. The van der Waals surface area contributed by atoms with E-state index in [-0.39, 0.29) is 0 Å². The molecule has 1 fully saturated rings. The second-order valence-electron chi connectivity index (χ2n) is 3.73. The molecule has 1 aromatic carbocycles. The van der Waals surface area contributed by atoms with Crippen molar-refractivity contribution >= 4 is 11.8 Å². The smallest absolute Gasteiger partial charge is 0.0242 e. The minimum absolute atomic E-state index is 0.966. The zero-order valence-corrected chi connectivity index (χ0v) is 9.59. The quantitative estimate of drug-likeness (QED) is 0.699. The van der Waals surface area contributed by atoms with Crippen molar-refractivity contribution < 1.29 is 0 Å². The van der Waals surface area contributed by atoms with E-state index in [9.17, 15) is 0 Å². The van der Waals surface area contributed by atoms with Crippen molar-refractivity contribution in [1.29, 1.82) is 0 Å². The maximum absolute atomic E-state index is 5.32. The molecular weight excluding hydrogens is 202 g/mol. The SMILES string of the molecule is C#Cc1ccc(CN2CCSCC2)cc1. The molecule has 0 spiro atoms. The Morgan fingerprint density at radius 2 is 1.87 bits per heavy atom. The molecule has 0 atom stereocenters. The van der Waals surface area contributed by atoms with Gasteiger partial charge in [0.15, 0.2) is 0 Å². The molecule has 1 aromatic rings. The first-order valence-electron chi connectivity index (χ1n) is 5.24. The van der Waals surface area contributed by atoms with Gasteiger partial charge in [-0.15, -0.1) is 6.42 Å². The van der Waals surface area contributed by atoms with E-state index in [0.717, 1.165) is 12.1 Å². The van der Waals surface area contributed by atoms with Crippen molar-refractivity contribution in [2.24, 2.45) is 0 Å². The van der Waals surface area contributed by atoms with Gasteiger partial charge in [-0.25, -0.2) is 0 Å². The predicted molar refractivity (Wildman–Crippen MR) is 67.0 cm³/mol. The third-order valence-corrected chi connectivity index (χ3v) is 3.57. The molecule has 0 aromatic heterocycles. The Kier molecular flexibility index (Phi) is 3.71.